The second-order valence-electron chi connectivity index (χ2n) is 4.77. The number of aryl methyl sites for hydroxylation is 2. The van der Waals surface area contributed by atoms with Gasteiger partial charge in [-0.15, -0.1) is 11.3 Å². The van der Waals surface area contributed by atoms with Crippen molar-refractivity contribution in [3.05, 3.63) is 16.1 Å². The SMILES string of the molecule is CC(=O)N1CCN(C(=O)CCc2nc(C)cs2)CC1. The van der Waals surface area contributed by atoms with Crippen molar-refractivity contribution in [2.24, 2.45) is 0 Å². The number of hydrogen-bond donors (Lipinski definition) is 0. The fourth-order valence-electron chi connectivity index (χ4n) is 2.16. The van der Waals surface area contributed by atoms with E-state index in [-0.39, 0.29) is 11.8 Å². The van der Waals surface area contributed by atoms with Crippen molar-refractivity contribution in [3.63, 3.8) is 0 Å². The van der Waals surface area contributed by atoms with Crippen LogP contribution in [0.1, 0.15) is 24.0 Å². The Hall–Kier alpha value is -1.43. The van der Waals surface area contributed by atoms with E-state index in [9.17, 15) is 9.59 Å². The number of hydrogen-bond acceptors (Lipinski definition) is 4. The highest BCUT2D eigenvalue weighted by molar-refractivity contribution is 7.09. The molecule has 19 heavy (non-hydrogen) atoms. The third kappa shape index (κ3) is 3.76. The van der Waals surface area contributed by atoms with Crippen LogP contribution in [0.25, 0.3) is 0 Å². The van der Waals surface area contributed by atoms with Crippen molar-refractivity contribution in [1.29, 1.82) is 0 Å². The zero-order valence-electron chi connectivity index (χ0n) is 11.4. The quantitative estimate of drug-likeness (QED) is 0.833. The second-order valence-corrected chi connectivity index (χ2v) is 5.71. The maximum Gasteiger partial charge on any atom is 0.223 e. The van der Waals surface area contributed by atoms with E-state index in [1.165, 1.54) is 0 Å². The fourth-order valence-corrected chi connectivity index (χ4v) is 2.94. The molecule has 6 heteroatoms. The maximum atomic E-state index is 12.1. The molecule has 1 aromatic rings. The molecule has 2 heterocycles. The van der Waals surface area contributed by atoms with E-state index in [4.69, 9.17) is 0 Å². The molecule has 0 radical (unpaired) electrons. The highest BCUT2D eigenvalue weighted by Crippen LogP contribution is 2.12. The van der Waals surface area contributed by atoms with Gasteiger partial charge < -0.3 is 9.80 Å². The van der Waals surface area contributed by atoms with Crippen LogP contribution < -0.4 is 0 Å². The molecule has 1 fully saturated rings. The van der Waals surface area contributed by atoms with Crippen molar-refractivity contribution in [1.82, 2.24) is 14.8 Å². The smallest absolute Gasteiger partial charge is 0.223 e. The Morgan fingerprint density at radius 1 is 1.26 bits per heavy atom. The molecule has 1 aliphatic rings. The Labute approximate surface area is 117 Å². The zero-order valence-corrected chi connectivity index (χ0v) is 12.2. The minimum Gasteiger partial charge on any atom is -0.339 e. The first-order chi connectivity index (χ1) is 9.06. The van der Waals surface area contributed by atoms with Crippen LogP contribution in [0.5, 0.6) is 0 Å². The van der Waals surface area contributed by atoms with Gasteiger partial charge in [-0.25, -0.2) is 4.98 Å². The fraction of sp³-hybridized carbons (Fsp3) is 0.615. The van der Waals surface area contributed by atoms with E-state index in [1.807, 2.05) is 17.2 Å². The first-order valence-electron chi connectivity index (χ1n) is 6.50. The summed E-state index contributed by atoms with van der Waals surface area (Å²) >= 11 is 1.61. The molecule has 0 saturated carbocycles. The lowest BCUT2D eigenvalue weighted by Crippen LogP contribution is -2.50. The second kappa shape index (κ2) is 6.14. The molecular weight excluding hydrogens is 262 g/mol. The Kier molecular flexibility index (Phi) is 4.52. The van der Waals surface area contributed by atoms with Crippen molar-refractivity contribution in [3.8, 4) is 0 Å². The Morgan fingerprint density at radius 2 is 1.89 bits per heavy atom. The lowest BCUT2D eigenvalue weighted by Gasteiger charge is -2.34. The normalized spacial score (nSPS) is 15.7. The molecular formula is C13H19N3O2S. The van der Waals surface area contributed by atoms with Gasteiger partial charge in [0.15, 0.2) is 0 Å². The van der Waals surface area contributed by atoms with Gasteiger partial charge in [-0.3, -0.25) is 9.59 Å². The van der Waals surface area contributed by atoms with Crippen LogP contribution in [0.2, 0.25) is 0 Å². The zero-order chi connectivity index (χ0) is 13.8. The molecule has 1 aromatic heterocycles. The number of thiazole rings is 1. The van der Waals surface area contributed by atoms with Gasteiger partial charge in [0.2, 0.25) is 11.8 Å². The van der Waals surface area contributed by atoms with E-state index in [1.54, 1.807) is 23.2 Å². The number of nitrogens with zero attached hydrogens (tertiary/aromatic N) is 3. The number of amides is 2. The van der Waals surface area contributed by atoms with Crippen molar-refractivity contribution < 1.29 is 9.59 Å². The number of piperazine rings is 1. The topological polar surface area (TPSA) is 53.5 Å². The summed E-state index contributed by atoms with van der Waals surface area (Å²) < 4.78 is 0. The van der Waals surface area contributed by atoms with Crippen molar-refractivity contribution >= 4 is 23.2 Å². The number of carbonyl (C=O) groups is 2. The largest absolute Gasteiger partial charge is 0.339 e. The number of aromatic nitrogens is 1. The van der Waals surface area contributed by atoms with Crippen LogP contribution in [-0.2, 0) is 16.0 Å². The third-order valence-corrected chi connectivity index (χ3v) is 4.32. The highest BCUT2D eigenvalue weighted by Gasteiger charge is 2.22. The first kappa shape index (κ1) is 14.0. The monoisotopic (exact) mass is 281 g/mol. The average molecular weight is 281 g/mol. The summed E-state index contributed by atoms with van der Waals surface area (Å²) in [5, 5.41) is 3.03. The van der Waals surface area contributed by atoms with Gasteiger partial charge in [-0.1, -0.05) is 0 Å². The summed E-state index contributed by atoms with van der Waals surface area (Å²) in [7, 11) is 0. The lowest BCUT2D eigenvalue weighted by molar-refractivity contribution is -0.138. The number of rotatable bonds is 3. The Balaban J connectivity index is 1.77. The van der Waals surface area contributed by atoms with E-state index in [2.05, 4.69) is 4.98 Å². The molecule has 0 atom stereocenters. The van der Waals surface area contributed by atoms with Crippen LogP contribution in [0.15, 0.2) is 5.38 Å². The predicted molar refractivity (Wildman–Crippen MR) is 74.0 cm³/mol. The van der Waals surface area contributed by atoms with Crippen molar-refractivity contribution in [2.75, 3.05) is 26.2 Å². The molecule has 104 valence electrons. The minimum atomic E-state index is 0.0883. The van der Waals surface area contributed by atoms with Crippen molar-refractivity contribution in [2.45, 2.75) is 26.7 Å². The van der Waals surface area contributed by atoms with Crippen LogP contribution in [0, 0.1) is 6.92 Å². The summed E-state index contributed by atoms with van der Waals surface area (Å²) in [6, 6.07) is 0. The molecule has 1 saturated heterocycles. The Bertz CT molecular complexity index is 464. The Morgan fingerprint density at radius 3 is 2.42 bits per heavy atom. The summed E-state index contributed by atoms with van der Waals surface area (Å²) in [5.74, 6) is 0.251. The van der Waals surface area contributed by atoms with E-state index in [0.29, 0.717) is 39.0 Å². The number of carbonyl (C=O) groups excluding carboxylic acids is 2. The van der Waals surface area contributed by atoms with Gasteiger partial charge in [0.1, 0.15) is 0 Å². The van der Waals surface area contributed by atoms with Gasteiger partial charge in [0.25, 0.3) is 0 Å². The minimum absolute atomic E-state index is 0.0883. The molecule has 2 amide bonds. The standard InChI is InChI=1S/C13H19N3O2S/c1-10-9-19-12(14-10)3-4-13(18)16-7-5-15(6-8-16)11(2)17/h9H,3-8H2,1-2H3. The van der Waals surface area contributed by atoms with Gasteiger partial charge >= 0.3 is 0 Å². The molecule has 0 aliphatic carbocycles. The molecule has 5 nitrogen and oxygen atoms in total. The highest BCUT2D eigenvalue weighted by atomic mass is 32.1. The van der Waals surface area contributed by atoms with Crippen LogP contribution >= 0.6 is 11.3 Å². The molecule has 0 bridgehead atoms. The summed E-state index contributed by atoms with van der Waals surface area (Å²) in [4.78, 5) is 31.2. The van der Waals surface area contributed by atoms with Gasteiger partial charge in [-0.2, -0.15) is 0 Å². The molecule has 2 rings (SSSR count). The van der Waals surface area contributed by atoms with Crippen LogP contribution in [0.3, 0.4) is 0 Å². The molecule has 0 unspecified atom stereocenters. The maximum absolute atomic E-state index is 12.1. The van der Waals surface area contributed by atoms with Crippen LogP contribution in [0.4, 0.5) is 0 Å². The van der Waals surface area contributed by atoms with Gasteiger partial charge in [0, 0.05) is 57.0 Å². The first-order valence-corrected chi connectivity index (χ1v) is 7.38. The van der Waals surface area contributed by atoms with E-state index < -0.39 is 0 Å². The third-order valence-electron chi connectivity index (χ3n) is 3.30. The van der Waals surface area contributed by atoms with Gasteiger partial charge in [-0.05, 0) is 6.92 Å². The van der Waals surface area contributed by atoms with E-state index in [0.717, 1.165) is 10.7 Å². The van der Waals surface area contributed by atoms with Crippen LogP contribution in [-0.4, -0.2) is 52.8 Å². The molecule has 0 aromatic carbocycles. The van der Waals surface area contributed by atoms with E-state index >= 15 is 0 Å². The molecule has 1 aliphatic heterocycles. The molecule has 0 N–H and O–H groups in total. The predicted octanol–water partition coefficient (Wildman–Crippen LogP) is 1.07. The van der Waals surface area contributed by atoms with Gasteiger partial charge in [0.05, 0.1) is 5.01 Å². The molecule has 0 spiro atoms. The average Bonchev–Trinajstić information content (AvgIpc) is 2.82. The summed E-state index contributed by atoms with van der Waals surface area (Å²) in [5.41, 5.74) is 1.02. The summed E-state index contributed by atoms with van der Waals surface area (Å²) in [6.45, 7) is 6.13. The summed E-state index contributed by atoms with van der Waals surface area (Å²) in [6.07, 6.45) is 1.22. The lowest BCUT2D eigenvalue weighted by atomic mass is 10.2.